The average molecular weight is 805 g/mol. The lowest BCUT2D eigenvalue weighted by Gasteiger charge is -2.64. The van der Waals surface area contributed by atoms with Gasteiger partial charge in [-0.2, -0.15) is 0 Å². The number of rotatable bonds is 9. The molecule has 7 aliphatic rings. The SMILES string of the molecule is C=C1C[C@@]23CC[C@@H]4[C@@](C)(CCC[C@@]4(C)C(=O)O[C@@H]4O[C@H](CO)[C@@H](O)[C@H](O)[C@H]4O)[C@@H]2CC[C@]1(O[C@H]1O[C@H](CO)[C@@H](O)[C@H](O)[C@H]1O[C@@H]1O[C@@H](CO)[C@H](O)[C@@H](O)[C@@H]1O)C3. The van der Waals surface area contributed by atoms with Crippen LogP contribution in [0.25, 0.3) is 0 Å². The highest BCUT2D eigenvalue weighted by Gasteiger charge is 2.69. The molecule has 0 amide bonds. The summed E-state index contributed by atoms with van der Waals surface area (Å²) in [7, 11) is 0. The number of carbonyl (C=O) groups is 1. The number of aliphatic hydroxyl groups excluding tert-OH is 11. The third-order valence-corrected chi connectivity index (χ3v) is 15.0. The molecule has 3 aliphatic heterocycles. The Bertz CT molecular complexity index is 1450. The summed E-state index contributed by atoms with van der Waals surface area (Å²) in [6, 6.07) is 0. The Kier molecular flexibility index (Phi) is 11.9. The standard InChI is InChI=1S/C38H60O18/c1-16-11-37-9-5-20-35(2,7-4-8-36(20,3)34(50)55-32-29(49)26(46)23(43)18(13-40)52-32)21(37)6-10-38(16,15-37)56-33-30(27(47)24(44)19(14-41)53-33)54-31-28(48)25(45)22(42)17(12-39)51-31/h17-33,39-49H,1,4-15H2,2-3H3/t17-,18+,19+,20+,21-,22-,23+,24+,25+,26-,27-,28-,29+,30+,31-,32-,33+,35+,36+,37+,38-/m0/s1. The minimum atomic E-state index is -1.81. The Labute approximate surface area is 324 Å². The number of hydrogen-bond donors (Lipinski definition) is 11. The van der Waals surface area contributed by atoms with E-state index in [0.717, 1.165) is 18.4 Å². The van der Waals surface area contributed by atoms with Crippen molar-refractivity contribution in [2.45, 2.75) is 169 Å². The number of fused-ring (bicyclic) bond motifs is 3. The molecule has 0 aromatic rings. The summed E-state index contributed by atoms with van der Waals surface area (Å²) >= 11 is 0. The Morgan fingerprint density at radius 2 is 1.21 bits per heavy atom. The van der Waals surface area contributed by atoms with Crippen LogP contribution in [0.15, 0.2) is 12.2 Å². The molecule has 11 N–H and O–H groups in total. The first kappa shape index (κ1) is 42.7. The van der Waals surface area contributed by atoms with E-state index >= 15 is 0 Å². The van der Waals surface area contributed by atoms with Crippen molar-refractivity contribution >= 4 is 5.97 Å². The van der Waals surface area contributed by atoms with Crippen molar-refractivity contribution < 1.29 is 89.4 Å². The molecule has 0 radical (unpaired) electrons. The highest BCUT2D eigenvalue weighted by atomic mass is 16.8. The quantitative estimate of drug-likeness (QED) is 0.0631. The van der Waals surface area contributed by atoms with Crippen molar-refractivity contribution in [3.05, 3.63) is 12.2 Å². The van der Waals surface area contributed by atoms with E-state index < -0.39 is 129 Å². The van der Waals surface area contributed by atoms with Crippen LogP contribution in [0.3, 0.4) is 0 Å². The fourth-order valence-corrected chi connectivity index (χ4v) is 12.0. The van der Waals surface area contributed by atoms with Gasteiger partial charge >= 0.3 is 5.97 Å². The molecule has 7 fully saturated rings. The van der Waals surface area contributed by atoms with E-state index in [4.69, 9.17) is 28.4 Å². The second-order valence-corrected chi connectivity index (χ2v) is 18.0. The number of esters is 1. The van der Waals surface area contributed by atoms with Gasteiger partial charge in [0.2, 0.25) is 6.29 Å². The zero-order valence-corrected chi connectivity index (χ0v) is 31.8. The maximum absolute atomic E-state index is 14.1. The first-order valence-electron chi connectivity index (χ1n) is 19.9. The Morgan fingerprint density at radius 1 is 0.679 bits per heavy atom. The molecule has 3 heterocycles. The molecule has 21 atom stereocenters. The van der Waals surface area contributed by atoms with Crippen molar-refractivity contribution in [1.29, 1.82) is 0 Å². The lowest BCUT2D eigenvalue weighted by Crippen LogP contribution is -2.65. The van der Waals surface area contributed by atoms with Gasteiger partial charge in [0.05, 0.1) is 30.8 Å². The van der Waals surface area contributed by atoms with Crippen molar-refractivity contribution in [1.82, 2.24) is 0 Å². The van der Waals surface area contributed by atoms with Crippen LogP contribution in [0.2, 0.25) is 0 Å². The predicted octanol–water partition coefficient (Wildman–Crippen LogP) is -2.94. The lowest BCUT2D eigenvalue weighted by atomic mass is 9.41. The van der Waals surface area contributed by atoms with E-state index in [1.54, 1.807) is 0 Å². The second-order valence-electron chi connectivity index (χ2n) is 18.0. The molecule has 7 rings (SSSR count). The summed E-state index contributed by atoms with van der Waals surface area (Å²) in [5, 5.41) is 114. The number of hydrogen-bond acceptors (Lipinski definition) is 18. The van der Waals surface area contributed by atoms with Crippen LogP contribution in [0, 0.1) is 28.1 Å². The van der Waals surface area contributed by atoms with Crippen molar-refractivity contribution in [2.24, 2.45) is 28.1 Å². The fourth-order valence-electron chi connectivity index (χ4n) is 12.0. The largest absolute Gasteiger partial charge is 0.432 e. The minimum absolute atomic E-state index is 0.121. The van der Waals surface area contributed by atoms with Crippen LogP contribution in [0.1, 0.15) is 71.6 Å². The van der Waals surface area contributed by atoms with Crippen molar-refractivity contribution in [2.75, 3.05) is 19.8 Å². The van der Waals surface area contributed by atoms with Crippen LogP contribution in [-0.4, -0.2) is 180 Å². The number of ether oxygens (including phenoxy) is 6. The minimum Gasteiger partial charge on any atom is -0.432 e. The normalized spacial score (nSPS) is 54.6. The lowest BCUT2D eigenvalue weighted by molar-refractivity contribution is -0.378. The van der Waals surface area contributed by atoms with Gasteiger partial charge in [-0.15, -0.1) is 0 Å². The zero-order valence-electron chi connectivity index (χ0n) is 31.8. The van der Waals surface area contributed by atoms with Gasteiger partial charge in [0, 0.05) is 0 Å². The third-order valence-electron chi connectivity index (χ3n) is 15.0. The summed E-state index contributed by atoms with van der Waals surface area (Å²) < 4.78 is 35.6. The Balaban J connectivity index is 1.10. The van der Waals surface area contributed by atoms with Gasteiger partial charge in [-0.1, -0.05) is 19.9 Å². The third kappa shape index (κ3) is 6.69. The van der Waals surface area contributed by atoms with Crippen LogP contribution < -0.4 is 0 Å². The predicted molar refractivity (Wildman–Crippen MR) is 186 cm³/mol. The van der Waals surface area contributed by atoms with E-state index in [9.17, 15) is 61.0 Å². The van der Waals surface area contributed by atoms with E-state index in [0.29, 0.717) is 44.9 Å². The van der Waals surface area contributed by atoms with Gasteiger partial charge in [0.15, 0.2) is 12.6 Å². The first-order valence-corrected chi connectivity index (χ1v) is 19.9. The molecule has 56 heavy (non-hydrogen) atoms. The van der Waals surface area contributed by atoms with Gasteiger partial charge in [-0.05, 0) is 86.5 Å². The van der Waals surface area contributed by atoms with Gasteiger partial charge < -0.3 is 84.6 Å². The summed E-state index contributed by atoms with van der Waals surface area (Å²) in [4.78, 5) is 14.1. The maximum Gasteiger partial charge on any atom is 0.314 e. The average Bonchev–Trinajstić information content (AvgIpc) is 3.37. The number of carbonyl (C=O) groups excluding carboxylic acids is 1. The molecule has 4 saturated carbocycles. The molecule has 1 spiro atoms. The summed E-state index contributed by atoms with van der Waals surface area (Å²) in [6.45, 7) is 6.52. The fraction of sp³-hybridized carbons (Fsp3) is 0.921. The van der Waals surface area contributed by atoms with Crippen LogP contribution in [0.5, 0.6) is 0 Å². The molecule has 320 valence electrons. The van der Waals surface area contributed by atoms with E-state index in [-0.39, 0.29) is 22.7 Å². The Hall–Kier alpha value is -1.43. The van der Waals surface area contributed by atoms with E-state index in [1.807, 2.05) is 6.92 Å². The zero-order chi connectivity index (χ0) is 40.7. The van der Waals surface area contributed by atoms with Crippen LogP contribution in [-0.2, 0) is 33.2 Å². The van der Waals surface area contributed by atoms with E-state index in [2.05, 4.69) is 13.5 Å². The summed E-state index contributed by atoms with van der Waals surface area (Å²) in [5.41, 5.74) is -1.80. The van der Waals surface area contributed by atoms with Crippen LogP contribution >= 0.6 is 0 Å². The van der Waals surface area contributed by atoms with Gasteiger partial charge in [0.1, 0.15) is 73.2 Å². The molecule has 2 bridgehead atoms. The van der Waals surface area contributed by atoms with Crippen LogP contribution in [0.4, 0.5) is 0 Å². The van der Waals surface area contributed by atoms with Gasteiger partial charge in [-0.25, -0.2) is 0 Å². The van der Waals surface area contributed by atoms with Gasteiger partial charge in [0.25, 0.3) is 0 Å². The summed E-state index contributed by atoms with van der Waals surface area (Å²) in [6.07, 6.45) is -17.8. The second kappa shape index (κ2) is 15.6. The molecule has 0 aromatic heterocycles. The molecule has 18 heteroatoms. The smallest absolute Gasteiger partial charge is 0.314 e. The van der Waals surface area contributed by atoms with Gasteiger partial charge in [-0.3, -0.25) is 4.79 Å². The highest BCUT2D eigenvalue weighted by molar-refractivity contribution is 5.77. The van der Waals surface area contributed by atoms with Crippen molar-refractivity contribution in [3.63, 3.8) is 0 Å². The molecular weight excluding hydrogens is 744 g/mol. The molecular formula is C38H60O18. The van der Waals surface area contributed by atoms with Crippen molar-refractivity contribution in [3.8, 4) is 0 Å². The monoisotopic (exact) mass is 804 g/mol. The molecule has 0 aromatic carbocycles. The topological polar surface area (TPSA) is 295 Å². The maximum atomic E-state index is 14.1. The highest BCUT2D eigenvalue weighted by Crippen LogP contribution is 2.73. The molecule has 0 unspecified atom stereocenters. The number of aliphatic hydroxyl groups is 11. The Morgan fingerprint density at radius 3 is 1.82 bits per heavy atom. The molecule has 18 nitrogen and oxygen atoms in total. The van der Waals surface area contributed by atoms with E-state index in [1.165, 1.54) is 0 Å². The molecule has 4 aliphatic carbocycles. The first-order chi connectivity index (χ1) is 26.4. The molecule has 3 saturated heterocycles. The summed E-state index contributed by atoms with van der Waals surface area (Å²) in [5.74, 6) is -0.591.